The third-order valence-corrected chi connectivity index (χ3v) is 6.18. The lowest BCUT2D eigenvalue weighted by Crippen LogP contribution is -2.44. The van der Waals surface area contributed by atoms with E-state index in [4.69, 9.17) is 0 Å². The quantitative estimate of drug-likeness (QED) is 0.595. The number of fused-ring (bicyclic) bond motifs is 1. The molecule has 178 valence electrons. The highest BCUT2D eigenvalue weighted by molar-refractivity contribution is 6.05. The molecule has 0 atom stereocenters. The first-order valence-corrected chi connectivity index (χ1v) is 11.6. The van der Waals surface area contributed by atoms with E-state index in [2.05, 4.69) is 10.3 Å². The first-order chi connectivity index (χ1) is 16.4. The standard InChI is InChI=1S/C25H29N5O4/c1-17-15-19(23(32)29-13-7-4-8-14-29)21-22(27-17)28(2)25(34)30(24(21)33)16-20(31)26-12-11-18-9-5-3-6-10-18/h3,5-6,9-10,15H,4,7-8,11-14,16H2,1-2H3,(H,26,31). The summed E-state index contributed by atoms with van der Waals surface area (Å²) >= 11 is 0. The number of rotatable bonds is 6. The highest BCUT2D eigenvalue weighted by Crippen LogP contribution is 2.19. The number of pyridine rings is 1. The number of carbonyl (C=O) groups excluding carboxylic acids is 2. The monoisotopic (exact) mass is 463 g/mol. The Morgan fingerprint density at radius 3 is 2.47 bits per heavy atom. The van der Waals surface area contributed by atoms with Crippen LogP contribution in [0.25, 0.3) is 11.0 Å². The molecule has 1 fully saturated rings. The summed E-state index contributed by atoms with van der Waals surface area (Å²) < 4.78 is 2.11. The largest absolute Gasteiger partial charge is 0.354 e. The number of benzene rings is 1. The molecule has 0 saturated carbocycles. The predicted molar refractivity (Wildman–Crippen MR) is 129 cm³/mol. The molecule has 1 saturated heterocycles. The molecule has 1 N–H and O–H groups in total. The number of piperidine rings is 1. The normalized spacial score (nSPS) is 13.8. The van der Waals surface area contributed by atoms with E-state index in [9.17, 15) is 19.2 Å². The fraction of sp³-hybridized carbons (Fsp3) is 0.400. The summed E-state index contributed by atoms with van der Waals surface area (Å²) in [7, 11) is 1.50. The van der Waals surface area contributed by atoms with Gasteiger partial charge >= 0.3 is 5.69 Å². The second-order valence-corrected chi connectivity index (χ2v) is 8.68. The van der Waals surface area contributed by atoms with Gasteiger partial charge in [0.05, 0.1) is 10.9 Å². The molecule has 2 amide bonds. The molecule has 34 heavy (non-hydrogen) atoms. The van der Waals surface area contributed by atoms with Gasteiger partial charge < -0.3 is 10.2 Å². The van der Waals surface area contributed by atoms with E-state index >= 15 is 0 Å². The Kier molecular flexibility index (Phi) is 6.90. The Morgan fingerprint density at radius 2 is 1.76 bits per heavy atom. The number of carbonyl (C=O) groups is 2. The van der Waals surface area contributed by atoms with Crippen molar-refractivity contribution in [1.82, 2.24) is 24.3 Å². The van der Waals surface area contributed by atoms with Crippen LogP contribution < -0.4 is 16.6 Å². The van der Waals surface area contributed by atoms with E-state index < -0.39 is 23.7 Å². The van der Waals surface area contributed by atoms with E-state index in [1.165, 1.54) is 11.6 Å². The number of nitrogens with zero attached hydrogens (tertiary/aromatic N) is 4. The fourth-order valence-electron chi connectivity index (χ4n) is 4.37. The molecule has 1 aromatic carbocycles. The molecule has 4 rings (SSSR count). The van der Waals surface area contributed by atoms with Crippen LogP contribution in [-0.4, -0.2) is 50.5 Å². The summed E-state index contributed by atoms with van der Waals surface area (Å²) in [6.45, 7) is 2.94. The molecule has 9 heteroatoms. The molecule has 1 aliphatic heterocycles. The smallest absolute Gasteiger partial charge is 0.332 e. The van der Waals surface area contributed by atoms with Gasteiger partial charge in [0.2, 0.25) is 5.91 Å². The lowest BCUT2D eigenvalue weighted by atomic mass is 10.1. The molecular weight excluding hydrogens is 434 g/mol. The van der Waals surface area contributed by atoms with Crippen molar-refractivity contribution >= 4 is 22.8 Å². The lowest BCUT2D eigenvalue weighted by molar-refractivity contribution is -0.121. The van der Waals surface area contributed by atoms with Crippen LogP contribution in [0.4, 0.5) is 0 Å². The van der Waals surface area contributed by atoms with Crippen molar-refractivity contribution in [3.05, 3.63) is 74.1 Å². The zero-order valence-electron chi connectivity index (χ0n) is 19.5. The van der Waals surface area contributed by atoms with Crippen molar-refractivity contribution in [3.8, 4) is 0 Å². The number of likely N-dealkylation sites (tertiary alicyclic amines) is 1. The molecule has 3 heterocycles. The summed E-state index contributed by atoms with van der Waals surface area (Å²) in [6.07, 6.45) is 3.54. The maximum Gasteiger partial charge on any atom is 0.332 e. The van der Waals surface area contributed by atoms with Crippen LogP contribution in [0.3, 0.4) is 0 Å². The number of hydrogen-bond acceptors (Lipinski definition) is 5. The van der Waals surface area contributed by atoms with Crippen LogP contribution in [0.2, 0.25) is 0 Å². The van der Waals surface area contributed by atoms with Gasteiger partial charge in [-0.1, -0.05) is 30.3 Å². The van der Waals surface area contributed by atoms with Crippen molar-refractivity contribution in [2.24, 2.45) is 7.05 Å². The summed E-state index contributed by atoms with van der Waals surface area (Å²) in [5, 5.41) is 2.83. The number of aromatic nitrogens is 3. The van der Waals surface area contributed by atoms with Gasteiger partial charge in [-0.15, -0.1) is 0 Å². The molecule has 0 aliphatic carbocycles. The van der Waals surface area contributed by atoms with Crippen LogP contribution in [0.1, 0.15) is 40.9 Å². The van der Waals surface area contributed by atoms with E-state index in [0.717, 1.165) is 29.4 Å². The Balaban J connectivity index is 1.65. The summed E-state index contributed by atoms with van der Waals surface area (Å²) in [6, 6.07) is 11.3. The van der Waals surface area contributed by atoms with E-state index in [-0.39, 0.29) is 22.5 Å². The minimum atomic E-state index is -0.677. The Morgan fingerprint density at radius 1 is 1.06 bits per heavy atom. The van der Waals surface area contributed by atoms with E-state index in [1.807, 2.05) is 30.3 Å². The van der Waals surface area contributed by atoms with E-state index in [1.54, 1.807) is 17.9 Å². The molecule has 0 radical (unpaired) electrons. The average Bonchev–Trinajstić information content (AvgIpc) is 2.85. The molecule has 0 bridgehead atoms. The summed E-state index contributed by atoms with van der Waals surface area (Å²) in [5.41, 5.74) is 0.663. The number of amides is 2. The lowest BCUT2D eigenvalue weighted by Gasteiger charge is -2.27. The molecule has 0 unspecified atom stereocenters. The Bertz CT molecular complexity index is 1340. The first kappa shape index (κ1) is 23.4. The maximum atomic E-state index is 13.4. The van der Waals surface area contributed by atoms with Crippen LogP contribution in [0, 0.1) is 6.92 Å². The minimum Gasteiger partial charge on any atom is -0.354 e. The van der Waals surface area contributed by atoms with Gasteiger partial charge in [-0.2, -0.15) is 0 Å². The van der Waals surface area contributed by atoms with Crippen LogP contribution in [0.5, 0.6) is 0 Å². The maximum absolute atomic E-state index is 13.4. The van der Waals surface area contributed by atoms with Gasteiger partial charge in [0.1, 0.15) is 12.2 Å². The van der Waals surface area contributed by atoms with E-state index in [0.29, 0.717) is 31.7 Å². The van der Waals surface area contributed by atoms with Gasteiger partial charge in [-0.3, -0.25) is 23.5 Å². The third-order valence-electron chi connectivity index (χ3n) is 6.18. The number of hydrogen-bond donors (Lipinski definition) is 1. The molecule has 1 aliphatic rings. The van der Waals surface area contributed by atoms with Gasteiger partial charge in [0, 0.05) is 32.4 Å². The highest BCUT2D eigenvalue weighted by Gasteiger charge is 2.25. The van der Waals surface area contributed by atoms with Crippen molar-refractivity contribution in [2.45, 2.75) is 39.2 Å². The molecule has 3 aromatic rings. The number of aryl methyl sites for hydroxylation is 2. The predicted octanol–water partition coefficient (Wildman–Crippen LogP) is 1.39. The molecular formula is C25H29N5O4. The van der Waals surface area contributed by atoms with Gasteiger partial charge in [-0.25, -0.2) is 9.78 Å². The van der Waals surface area contributed by atoms with Crippen LogP contribution in [0.15, 0.2) is 46.0 Å². The molecule has 2 aromatic heterocycles. The summed E-state index contributed by atoms with van der Waals surface area (Å²) in [4.78, 5) is 58.3. The zero-order chi connectivity index (χ0) is 24.2. The van der Waals surface area contributed by atoms with Gasteiger partial charge in [0.25, 0.3) is 11.5 Å². The zero-order valence-corrected chi connectivity index (χ0v) is 19.5. The third kappa shape index (κ3) is 4.78. The molecule has 0 spiro atoms. The summed E-state index contributed by atoms with van der Waals surface area (Å²) in [5.74, 6) is -0.691. The van der Waals surface area contributed by atoms with Crippen LogP contribution >= 0.6 is 0 Å². The fourth-order valence-corrected chi connectivity index (χ4v) is 4.37. The Hall–Kier alpha value is -3.75. The second kappa shape index (κ2) is 10.0. The van der Waals surface area contributed by atoms with Crippen molar-refractivity contribution in [1.29, 1.82) is 0 Å². The topological polar surface area (TPSA) is 106 Å². The SMILES string of the molecule is Cc1cc(C(=O)N2CCCCC2)c2c(=O)n(CC(=O)NCCc3ccccc3)c(=O)n(C)c2n1. The van der Waals surface area contributed by atoms with Crippen molar-refractivity contribution in [2.75, 3.05) is 19.6 Å². The first-order valence-electron chi connectivity index (χ1n) is 11.6. The number of nitrogens with one attached hydrogen (secondary N) is 1. The van der Waals surface area contributed by atoms with Gasteiger partial charge in [0.15, 0.2) is 0 Å². The van der Waals surface area contributed by atoms with Gasteiger partial charge in [-0.05, 0) is 44.2 Å². The molecule has 9 nitrogen and oxygen atoms in total. The Labute approximate surface area is 197 Å². The second-order valence-electron chi connectivity index (χ2n) is 8.68. The minimum absolute atomic E-state index is 0.0698. The van der Waals surface area contributed by atoms with Crippen LogP contribution in [-0.2, 0) is 24.8 Å². The average molecular weight is 464 g/mol. The van der Waals surface area contributed by atoms with Crippen molar-refractivity contribution in [3.63, 3.8) is 0 Å². The highest BCUT2D eigenvalue weighted by atomic mass is 16.2. The van der Waals surface area contributed by atoms with Crippen molar-refractivity contribution < 1.29 is 9.59 Å².